The van der Waals surface area contributed by atoms with Crippen molar-refractivity contribution in [1.82, 2.24) is 14.8 Å². The number of hydrogen-bond donors (Lipinski definition) is 1. The number of carbonyl (C=O) groups excluding carboxylic acids is 1. The molecule has 0 saturated carbocycles. The predicted octanol–water partition coefficient (Wildman–Crippen LogP) is 1.26. The Morgan fingerprint density at radius 1 is 1.50 bits per heavy atom. The molecule has 0 spiro atoms. The Labute approximate surface area is 104 Å². The van der Waals surface area contributed by atoms with E-state index < -0.39 is 5.97 Å². The summed E-state index contributed by atoms with van der Waals surface area (Å²) in [6.07, 6.45) is 1.50. The van der Waals surface area contributed by atoms with Crippen LogP contribution in [-0.2, 0) is 4.74 Å². The first-order valence-corrected chi connectivity index (χ1v) is 5.46. The van der Waals surface area contributed by atoms with Crippen LogP contribution in [0.25, 0.3) is 0 Å². The molecular formula is C12H14N4O2. The van der Waals surface area contributed by atoms with E-state index >= 15 is 0 Å². The Balaban J connectivity index is 2.26. The minimum atomic E-state index is -0.548. The van der Waals surface area contributed by atoms with Gasteiger partial charge in [-0.25, -0.2) is 14.5 Å². The molecule has 2 N–H and O–H groups in total. The number of carbonyl (C=O) groups is 1. The zero-order chi connectivity index (χ0) is 13.1. The van der Waals surface area contributed by atoms with Crippen LogP contribution in [-0.4, -0.2) is 27.8 Å². The van der Waals surface area contributed by atoms with Crippen LogP contribution in [0.5, 0.6) is 0 Å². The van der Waals surface area contributed by atoms with Crippen molar-refractivity contribution in [1.29, 1.82) is 0 Å². The second-order valence-electron chi connectivity index (χ2n) is 3.89. The van der Waals surface area contributed by atoms with Crippen molar-refractivity contribution in [2.75, 3.05) is 12.8 Å². The molecule has 2 aromatic rings. The van der Waals surface area contributed by atoms with Crippen molar-refractivity contribution in [2.45, 2.75) is 13.0 Å². The average Bonchev–Trinajstić information content (AvgIpc) is 2.86. The van der Waals surface area contributed by atoms with Gasteiger partial charge in [-0.15, -0.1) is 5.10 Å². The lowest BCUT2D eigenvalue weighted by atomic mass is 10.1. The second-order valence-corrected chi connectivity index (χ2v) is 3.89. The number of nitrogen functional groups attached to an aromatic ring is 1. The lowest BCUT2D eigenvalue weighted by Gasteiger charge is -2.12. The number of anilines is 1. The number of rotatable bonds is 3. The molecule has 0 amide bonds. The third-order valence-electron chi connectivity index (χ3n) is 2.67. The first-order chi connectivity index (χ1) is 8.61. The normalized spacial score (nSPS) is 12.1. The molecule has 1 aromatic heterocycles. The highest BCUT2D eigenvalue weighted by molar-refractivity contribution is 5.84. The lowest BCUT2D eigenvalue weighted by Crippen LogP contribution is -2.10. The van der Waals surface area contributed by atoms with E-state index in [4.69, 9.17) is 5.73 Å². The smallest absolute Gasteiger partial charge is 0.377 e. The molecule has 1 heterocycles. The van der Waals surface area contributed by atoms with Crippen LogP contribution in [0.1, 0.15) is 29.1 Å². The van der Waals surface area contributed by atoms with E-state index in [1.165, 1.54) is 13.4 Å². The topological polar surface area (TPSA) is 83.0 Å². The Morgan fingerprint density at radius 2 is 2.28 bits per heavy atom. The van der Waals surface area contributed by atoms with Crippen LogP contribution in [0.2, 0.25) is 0 Å². The molecular weight excluding hydrogens is 232 g/mol. The maximum atomic E-state index is 11.3. The summed E-state index contributed by atoms with van der Waals surface area (Å²) >= 11 is 0. The highest BCUT2D eigenvalue weighted by Crippen LogP contribution is 2.18. The third-order valence-corrected chi connectivity index (χ3v) is 2.67. The molecule has 6 nitrogen and oxygen atoms in total. The number of methoxy groups -OCH3 is 1. The van der Waals surface area contributed by atoms with E-state index in [9.17, 15) is 4.79 Å². The molecule has 0 aliphatic heterocycles. The van der Waals surface area contributed by atoms with Crippen molar-refractivity contribution in [3.8, 4) is 0 Å². The number of esters is 1. The zero-order valence-corrected chi connectivity index (χ0v) is 10.2. The van der Waals surface area contributed by atoms with Gasteiger partial charge in [-0.2, -0.15) is 0 Å². The van der Waals surface area contributed by atoms with Gasteiger partial charge in [0.2, 0.25) is 0 Å². The van der Waals surface area contributed by atoms with Gasteiger partial charge in [-0.1, -0.05) is 12.1 Å². The van der Waals surface area contributed by atoms with Gasteiger partial charge in [0, 0.05) is 5.69 Å². The van der Waals surface area contributed by atoms with E-state index in [1.807, 2.05) is 31.2 Å². The van der Waals surface area contributed by atoms with Crippen molar-refractivity contribution < 1.29 is 9.53 Å². The molecule has 2 rings (SSSR count). The van der Waals surface area contributed by atoms with Crippen LogP contribution in [0, 0.1) is 0 Å². The predicted molar refractivity (Wildman–Crippen MR) is 66.0 cm³/mol. The van der Waals surface area contributed by atoms with Gasteiger partial charge in [-0.3, -0.25) is 0 Å². The standard InChI is InChI=1S/C12H14N4O2/c1-8(9-4-3-5-10(13)6-9)16-7-14-11(15-16)12(17)18-2/h3-8H,13H2,1-2H3. The summed E-state index contributed by atoms with van der Waals surface area (Å²) in [5, 5.41) is 4.08. The Morgan fingerprint density at radius 3 is 2.94 bits per heavy atom. The summed E-state index contributed by atoms with van der Waals surface area (Å²) in [5.74, 6) is -0.498. The summed E-state index contributed by atoms with van der Waals surface area (Å²) in [6.45, 7) is 1.95. The van der Waals surface area contributed by atoms with Crippen LogP contribution in [0.4, 0.5) is 5.69 Å². The van der Waals surface area contributed by atoms with Gasteiger partial charge in [0.15, 0.2) is 0 Å². The molecule has 6 heteroatoms. The number of nitrogens with two attached hydrogens (primary N) is 1. The Hall–Kier alpha value is -2.37. The first kappa shape index (κ1) is 12.1. The van der Waals surface area contributed by atoms with Crippen molar-refractivity contribution in [3.05, 3.63) is 42.0 Å². The first-order valence-electron chi connectivity index (χ1n) is 5.46. The highest BCUT2D eigenvalue weighted by atomic mass is 16.5. The Kier molecular flexibility index (Phi) is 3.27. The molecule has 94 valence electrons. The van der Waals surface area contributed by atoms with Crippen LogP contribution < -0.4 is 5.73 Å². The molecule has 1 aromatic carbocycles. The zero-order valence-electron chi connectivity index (χ0n) is 10.2. The van der Waals surface area contributed by atoms with Gasteiger partial charge in [0.25, 0.3) is 5.82 Å². The molecule has 0 saturated heterocycles. The molecule has 0 radical (unpaired) electrons. The molecule has 1 unspecified atom stereocenters. The SMILES string of the molecule is COC(=O)c1ncn(C(C)c2cccc(N)c2)n1. The van der Waals surface area contributed by atoms with Crippen LogP contribution in [0.3, 0.4) is 0 Å². The fourth-order valence-electron chi connectivity index (χ4n) is 1.62. The third kappa shape index (κ3) is 2.32. The minimum Gasteiger partial charge on any atom is -0.463 e. The average molecular weight is 246 g/mol. The van der Waals surface area contributed by atoms with E-state index in [0.29, 0.717) is 5.69 Å². The van der Waals surface area contributed by atoms with Gasteiger partial charge in [-0.05, 0) is 24.6 Å². The molecule has 1 atom stereocenters. The van der Waals surface area contributed by atoms with E-state index in [1.54, 1.807) is 4.68 Å². The van der Waals surface area contributed by atoms with Crippen molar-refractivity contribution in [3.63, 3.8) is 0 Å². The summed E-state index contributed by atoms with van der Waals surface area (Å²) < 4.78 is 6.16. The number of hydrogen-bond acceptors (Lipinski definition) is 5. The Bertz CT molecular complexity index is 565. The summed E-state index contributed by atoms with van der Waals surface area (Å²) in [6, 6.07) is 7.45. The van der Waals surface area contributed by atoms with Crippen molar-refractivity contribution in [2.24, 2.45) is 0 Å². The summed E-state index contributed by atoms with van der Waals surface area (Å²) in [7, 11) is 1.30. The fourth-order valence-corrected chi connectivity index (χ4v) is 1.62. The van der Waals surface area contributed by atoms with E-state index in [2.05, 4.69) is 14.8 Å². The number of aromatic nitrogens is 3. The highest BCUT2D eigenvalue weighted by Gasteiger charge is 2.15. The minimum absolute atomic E-state index is 0.0493. The molecule has 0 bridgehead atoms. The largest absolute Gasteiger partial charge is 0.463 e. The molecule has 0 aliphatic carbocycles. The maximum absolute atomic E-state index is 11.3. The van der Waals surface area contributed by atoms with Crippen LogP contribution in [0.15, 0.2) is 30.6 Å². The van der Waals surface area contributed by atoms with Crippen LogP contribution >= 0.6 is 0 Å². The van der Waals surface area contributed by atoms with Gasteiger partial charge in [0.1, 0.15) is 6.33 Å². The summed E-state index contributed by atoms with van der Waals surface area (Å²) in [4.78, 5) is 15.2. The number of nitrogens with zero attached hydrogens (tertiary/aromatic N) is 3. The number of ether oxygens (including phenoxy) is 1. The van der Waals surface area contributed by atoms with Gasteiger partial charge >= 0.3 is 5.97 Å². The van der Waals surface area contributed by atoms with E-state index in [-0.39, 0.29) is 11.9 Å². The van der Waals surface area contributed by atoms with Gasteiger partial charge in [0.05, 0.1) is 13.2 Å². The second kappa shape index (κ2) is 4.87. The lowest BCUT2D eigenvalue weighted by molar-refractivity contribution is 0.0586. The molecule has 0 fully saturated rings. The molecule has 18 heavy (non-hydrogen) atoms. The summed E-state index contributed by atoms with van der Waals surface area (Å²) in [5.41, 5.74) is 7.41. The van der Waals surface area contributed by atoms with Gasteiger partial charge < -0.3 is 10.5 Å². The van der Waals surface area contributed by atoms with E-state index in [0.717, 1.165) is 5.56 Å². The fraction of sp³-hybridized carbons (Fsp3) is 0.250. The quantitative estimate of drug-likeness (QED) is 0.651. The number of benzene rings is 1. The molecule has 0 aliphatic rings. The maximum Gasteiger partial charge on any atom is 0.377 e. The van der Waals surface area contributed by atoms with Crippen molar-refractivity contribution >= 4 is 11.7 Å². The monoisotopic (exact) mass is 246 g/mol.